The van der Waals surface area contributed by atoms with Crippen molar-refractivity contribution in [2.24, 2.45) is 0 Å². The van der Waals surface area contributed by atoms with Gasteiger partial charge in [0.2, 0.25) is 0 Å². The first kappa shape index (κ1) is 10.0. The van der Waals surface area contributed by atoms with E-state index in [1.54, 1.807) is 0 Å². The zero-order valence-electron chi connectivity index (χ0n) is 8.71. The summed E-state index contributed by atoms with van der Waals surface area (Å²) >= 11 is 0. The van der Waals surface area contributed by atoms with E-state index >= 15 is 0 Å². The second-order valence-corrected chi connectivity index (χ2v) is 3.85. The van der Waals surface area contributed by atoms with E-state index in [1.165, 1.54) is 16.7 Å². The third kappa shape index (κ3) is 1.96. The maximum Gasteiger partial charge on any atom is 0.128 e. The Morgan fingerprint density at radius 2 is 2.13 bits per heavy atom. The molecule has 0 N–H and O–H groups in total. The Labute approximate surface area is 88.7 Å². The van der Waals surface area contributed by atoms with Gasteiger partial charge in [-0.15, -0.1) is 0 Å². The summed E-state index contributed by atoms with van der Waals surface area (Å²) < 4.78 is 5.20. The second-order valence-electron chi connectivity index (χ2n) is 3.85. The number of rotatable bonds is 3. The molecular weight excluding hydrogens is 192 g/mol. The number of carbonyl (C=O) groups excluding carboxylic acids is 1. The van der Waals surface area contributed by atoms with Crippen LogP contribution < -0.4 is 9.84 Å². The number of aryl methyl sites for hydroxylation is 1. The number of ether oxygens (including phenoxy) is 1. The number of fused-ring (bicyclic) bond motifs is 1. The van der Waals surface area contributed by atoms with Crippen molar-refractivity contribution in [1.29, 1.82) is 0 Å². The molecule has 1 aromatic carbocycles. The van der Waals surface area contributed by atoms with Crippen molar-refractivity contribution >= 4 is 5.97 Å². The number of hydrogen-bond acceptors (Lipinski definition) is 3. The molecule has 0 aliphatic heterocycles. The summed E-state index contributed by atoms with van der Waals surface area (Å²) in [5.74, 6) is -0.473. The van der Waals surface area contributed by atoms with Gasteiger partial charge < -0.3 is 14.6 Å². The van der Waals surface area contributed by atoms with Crippen LogP contribution in [0.3, 0.4) is 0 Å². The molecule has 15 heavy (non-hydrogen) atoms. The summed E-state index contributed by atoms with van der Waals surface area (Å²) in [6.45, 7) is 1.71. The smallest absolute Gasteiger partial charge is 0.128 e. The molecule has 1 aliphatic rings. The Bertz CT molecular complexity index is 396. The van der Waals surface area contributed by atoms with E-state index in [0.717, 1.165) is 19.3 Å². The minimum Gasteiger partial charge on any atom is -0.546 e. The van der Waals surface area contributed by atoms with Crippen LogP contribution in [0.25, 0.3) is 0 Å². The number of aliphatic carboxylic acids is 1. The molecule has 1 aromatic rings. The molecule has 1 aliphatic carbocycles. The molecular formula is C12H13O3-. The first-order valence-corrected chi connectivity index (χ1v) is 5.12. The monoisotopic (exact) mass is 205 g/mol. The van der Waals surface area contributed by atoms with Gasteiger partial charge in [-0.1, -0.05) is 6.07 Å². The van der Waals surface area contributed by atoms with Crippen molar-refractivity contribution < 1.29 is 14.6 Å². The lowest BCUT2D eigenvalue weighted by molar-refractivity contribution is -0.307. The average Bonchev–Trinajstić information content (AvgIpc) is 2.66. The lowest BCUT2D eigenvalue weighted by atomic mass is 10.0. The highest BCUT2D eigenvalue weighted by Crippen LogP contribution is 2.32. The zero-order chi connectivity index (χ0) is 10.8. The molecule has 0 radical (unpaired) electrons. The quantitative estimate of drug-likeness (QED) is 0.726. The minimum absolute atomic E-state index is 0.366. The topological polar surface area (TPSA) is 49.4 Å². The highest BCUT2D eigenvalue weighted by Gasteiger charge is 2.17. The van der Waals surface area contributed by atoms with Gasteiger partial charge in [0.25, 0.3) is 0 Å². The molecule has 0 saturated heterocycles. The van der Waals surface area contributed by atoms with Gasteiger partial charge in [-0.25, -0.2) is 0 Å². The molecule has 3 nitrogen and oxygen atoms in total. The first-order chi connectivity index (χ1) is 7.18. The van der Waals surface area contributed by atoms with Crippen LogP contribution in [0.15, 0.2) is 12.1 Å². The molecule has 0 saturated carbocycles. The summed E-state index contributed by atoms with van der Waals surface area (Å²) in [5.41, 5.74) is 3.77. The van der Waals surface area contributed by atoms with Crippen LogP contribution in [0.1, 0.15) is 23.1 Å². The predicted octanol–water partition coefficient (Wildman–Crippen LogP) is 0.612. The maximum absolute atomic E-state index is 10.3. The van der Waals surface area contributed by atoms with Gasteiger partial charge in [0.05, 0.1) is 5.97 Å². The SMILES string of the molecule is Cc1ccc(OCC(=O)[O-])c2c1CCC2. The van der Waals surface area contributed by atoms with Gasteiger partial charge in [-0.3, -0.25) is 0 Å². The summed E-state index contributed by atoms with van der Waals surface area (Å²) in [6.07, 6.45) is 3.19. The molecule has 0 atom stereocenters. The Kier molecular flexibility index (Phi) is 2.62. The van der Waals surface area contributed by atoms with Crippen LogP contribution in [0.4, 0.5) is 0 Å². The summed E-state index contributed by atoms with van der Waals surface area (Å²) in [4.78, 5) is 10.3. The molecule has 0 amide bonds. The van der Waals surface area contributed by atoms with E-state index in [1.807, 2.05) is 12.1 Å². The molecule has 0 unspecified atom stereocenters. The van der Waals surface area contributed by atoms with Crippen LogP contribution in [0, 0.1) is 6.92 Å². The van der Waals surface area contributed by atoms with Crippen molar-refractivity contribution in [1.82, 2.24) is 0 Å². The Morgan fingerprint density at radius 1 is 1.40 bits per heavy atom. The molecule has 2 rings (SSSR count). The number of carboxylic acids is 1. The van der Waals surface area contributed by atoms with Crippen LogP contribution >= 0.6 is 0 Å². The third-order valence-electron chi connectivity index (χ3n) is 2.82. The third-order valence-corrected chi connectivity index (χ3v) is 2.82. The molecule has 0 fully saturated rings. The fraction of sp³-hybridized carbons (Fsp3) is 0.417. The van der Waals surface area contributed by atoms with E-state index < -0.39 is 5.97 Å². The van der Waals surface area contributed by atoms with Gasteiger partial charge in [-0.2, -0.15) is 0 Å². The fourth-order valence-electron chi connectivity index (χ4n) is 2.12. The summed E-state index contributed by atoms with van der Waals surface area (Å²) in [5, 5.41) is 10.3. The molecule has 0 bridgehead atoms. The lowest BCUT2D eigenvalue weighted by Gasteiger charge is -2.12. The minimum atomic E-state index is -1.18. The van der Waals surface area contributed by atoms with E-state index in [4.69, 9.17) is 4.74 Å². The predicted molar refractivity (Wildman–Crippen MR) is 53.7 cm³/mol. The highest BCUT2D eigenvalue weighted by molar-refractivity contribution is 5.66. The van der Waals surface area contributed by atoms with E-state index in [-0.39, 0.29) is 6.61 Å². The molecule has 0 aromatic heterocycles. The number of carbonyl (C=O) groups is 1. The maximum atomic E-state index is 10.3. The van der Waals surface area contributed by atoms with Crippen LogP contribution in [-0.4, -0.2) is 12.6 Å². The van der Waals surface area contributed by atoms with E-state index in [9.17, 15) is 9.90 Å². The van der Waals surface area contributed by atoms with Crippen LogP contribution in [0.2, 0.25) is 0 Å². The van der Waals surface area contributed by atoms with E-state index in [2.05, 4.69) is 6.92 Å². The Balaban J connectivity index is 2.25. The van der Waals surface area contributed by atoms with Gasteiger partial charge in [0, 0.05) is 0 Å². The van der Waals surface area contributed by atoms with E-state index in [0.29, 0.717) is 5.75 Å². The van der Waals surface area contributed by atoms with Gasteiger partial charge in [-0.05, 0) is 48.9 Å². The zero-order valence-corrected chi connectivity index (χ0v) is 8.71. The Hall–Kier alpha value is -1.51. The largest absolute Gasteiger partial charge is 0.546 e. The van der Waals surface area contributed by atoms with Crippen molar-refractivity contribution in [3.05, 3.63) is 28.8 Å². The van der Waals surface area contributed by atoms with Crippen molar-refractivity contribution in [2.75, 3.05) is 6.61 Å². The summed E-state index contributed by atoms with van der Waals surface area (Å²) in [7, 11) is 0. The Morgan fingerprint density at radius 3 is 2.87 bits per heavy atom. The molecule has 80 valence electrons. The fourth-order valence-corrected chi connectivity index (χ4v) is 2.12. The van der Waals surface area contributed by atoms with Crippen molar-refractivity contribution in [2.45, 2.75) is 26.2 Å². The number of hydrogen-bond donors (Lipinski definition) is 0. The number of carboxylic acid groups (broad SMARTS) is 1. The van der Waals surface area contributed by atoms with Crippen molar-refractivity contribution in [3.63, 3.8) is 0 Å². The standard InChI is InChI=1S/C12H14O3/c1-8-5-6-11(15-7-12(13)14)10-4-2-3-9(8)10/h5-6H,2-4,7H2,1H3,(H,13,14)/p-1. The second kappa shape index (κ2) is 3.93. The lowest BCUT2D eigenvalue weighted by Crippen LogP contribution is -2.29. The molecule has 0 spiro atoms. The van der Waals surface area contributed by atoms with Crippen molar-refractivity contribution in [3.8, 4) is 5.75 Å². The van der Waals surface area contributed by atoms with Crippen LogP contribution in [-0.2, 0) is 17.6 Å². The highest BCUT2D eigenvalue weighted by atomic mass is 16.5. The molecule has 3 heteroatoms. The number of benzene rings is 1. The first-order valence-electron chi connectivity index (χ1n) is 5.12. The normalized spacial score (nSPS) is 13.7. The summed E-state index contributed by atoms with van der Waals surface area (Å²) in [6, 6.07) is 3.83. The van der Waals surface area contributed by atoms with Gasteiger partial charge in [0.1, 0.15) is 12.4 Å². The van der Waals surface area contributed by atoms with Gasteiger partial charge in [0.15, 0.2) is 0 Å². The average molecular weight is 205 g/mol. The van der Waals surface area contributed by atoms with Gasteiger partial charge >= 0.3 is 0 Å². The van der Waals surface area contributed by atoms with Crippen LogP contribution in [0.5, 0.6) is 5.75 Å². The molecule has 0 heterocycles.